The van der Waals surface area contributed by atoms with Gasteiger partial charge in [0.05, 0.1) is 17.4 Å². The zero-order valence-electron chi connectivity index (χ0n) is 6.86. The van der Waals surface area contributed by atoms with Gasteiger partial charge in [-0.25, -0.2) is 4.98 Å². The molecule has 3 rings (SSSR count). The van der Waals surface area contributed by atoms with Gasteiger partial charge in [0.2, 0.25) is 0 Å². The summed E-state index contributed by atoms with van der Waals surface area (Å²) in [6, 6.07) is 6.06. The third-order valence-electron chi connectivity index (χ3n) is 2.21. The van der Waals surface area contributed by atoms with E-state index in [1.165, 1.54) is 5.39 Å². The number of hydrogen-bond acceptors (Lipinski definition) is 2. The van der Waals surface area contributed by atoms with Crippen LogP contribution < -0.4 is 0 Å². The number of imidazole rings is 1. The first-order valence-corrected chi connectivity index (χ1v) is 4.11. The summed E-state index contributed by atoms with van der Waals surface area (Å²) in [4.78, 5) is 11.4. The molecule has 0 saturated carbocycles. The lowest BCUT2D eigenvalue weighted by molar-refractivity contribution is 1.34. The van der Waals surface area contributed by atoms with Crippen molar-refractivity contribution in [1.29, 1.82) is 0 Å². The molecule has 0 atom stereocenters. The van der Waals surface area contributed by atoms with Crippen LogP contribution in [0.2, 0.25) is 0 Å². The highest BCUT2D eigenvalue weighted by atomic mass is 14.9. The van der Waals surface area contributed by atoms with E-state index in [0.717, 1.165) is 16.4 Å². The fourth-order valence-corrected chi connectivity index (χ4v) is 1.58. The maximum Gasteiger partial charge on any atom is 0.0932 e. The van der Waals surface area contributed by atoms with Crippen LogP contribution in [-0.4, -0.2) is 15.0 Å². The van der Waals surface area contributed by atoms with E-state index in [1.807, 2.05) is 18.3 Å². The fraction of sp³-hybridized carbons (Fsp3) is 0. The Bertz CT molecular complexity index is 568. The summed E-state index contributed by atoms with van der Waals surface area (Å²) in [5.41, 5.74) is 2.05. The third kappa shape index (κ3) is 0.839. The van der Waals surface area contributed by atoms with Gasteiger partial charge in [0, 0.05) is 17.8 Å². The van der Waals surface area contributed by atoms with Crippen molar-refractivity contribution in [3.63, 3.8) is 0 Å². The van der Waals surface area contributed by atoms with Crippen molar-refractivity contribution < 1.29 is 0 Å². The minimum Gasteiger partial charge on any atom is -0.344 e. The minimum absolute atomic E-state index is 0.987. The number of aromatic amines is 1. The Hall–Kier alpha value is -1.90. The Labute approximate surface area is 74.4 Å². The highest BCUT2D eigenvalue weighted by Gasteiger charge is 2.00. The predicted octanol–water partition coefficient (Wildman–Crippen LogP) is 2.11. The second-order valence-corrected chi connectivity index (χ2v) is 2.96. The lowest BCUT2D eigenvalue weighted by Crippen LogP contribution is -1.77. The van der Waals surface area contributed by atoms with E-state index in [4.69, 9.17) is 0 Å². The molecule has 0 radical (unpaired) electrons. The standard InChI is InChI=1S/C10H7N3/c1-2-9-10(13-6-12-9)8-5-11-4-3-7(1)8/h1-6H,(H,12,13). The summed E-state index contributed by atoms with van der Waals surface area (Å²) in [7, 11) is 0. The van der Waals surface area contributed by atoms with Crippen LogP contribution in [0.15, 0.2) is 36.9 Å². The molecule has 0 aliphatic rings. The molecule has 0 aliphatic carbocycles. The lowest BCUT2D eigenvalue weighted by atomic mass is 10.1. The van der Waals surface area contributed by atoms with Crippen molar-refractivity contribution in [2.45, 2.75) is 0 Å². The van der Waals surface area contributed by atoms with E-state index in [9.17, 15) is 0 Å². The van der Waals surface area contributed by atoms with Crippen molar-refractivity contribution in [3.05, 3.63) is 36.9 Å². The minimum atomic E-state index is 0.987. The first-order valence-electron chi connectivity index (χ1n) is 4.11. The van der Waals surface area contributed by atoms with Gasteiger partial charge in [-0.3, -0.25) is 4.98 Å². The normalized spacial score (nSPS) is 11.1. The van der Waals surface area contributed by atoms with E-state index >= 15 is 0 Å². The molecule has 3 nitrogen and oxygen atoms in total. The van der Waals surface area contributed by atoms with Gasteiger partial charge >= 0.3 is 0 Å². The van der Waals surface area contributed by atoms with Crippen LogP contribution in [0.1, 0.15) is 0 Å². The number of nitrogens with one attached hydrogen (secondary N) is 1. The highest BCUT2D eigenvalue weighted by Crippen LogP contribution is 2.20. The maximum absolute atomic E-state index is 4.19. The summed E-state index contributed by atoms with van der Waals surface area (Å²) in [6.45, 7) is 0. The van der Waals surface area contributed by atoms with E-state index in [0.29, 0.717) is 0 Å². The molecule has 3 heteroatoms. The molecule has 2 aromatic heterocycles. The second-order valence-electron chi connectivity index (χ2n) is 2.96. The number of fused-ring (bicyclic) bond motifs is 3. The number of benzene rings is 1. The molecule has 2 heterocycles. The molecule has 0 unspecified atom stereocenters. The van der Waals surface area contributed by atoms with Gasteiger partial charge < -0.3 is 4.98 Å². The lowest BCUT2D eigenvalue weighted by Gasteiger charge is -1.96. The van der Waals surface area contributed by atoms with Crippen LogP contribution in [0.4, 0.5) is 0 Å². The Morgan fingerprint density at radius 1 is 1.15 bits per heavy atom. The zero-order valence-corrected chi connectivity index (χ0v) is 6.86. The molecule has 0 aliphatic heterocycles. The van der Waals surface area contributed by atoms with Crippen molar-refractivity contribution in [1.82, 2.24) is 15.0 Å². The Balaban J connectivity index is 2.65. The Morgan fingerprint density at radius 2 is 2.15 bits per heavy atom. The smallest absolute Gasteiger partial charge is 0.0932 e. The van der Waals surface area contributed by atoms with Crippen LogP contribution in [0.25, 0.3) is 21.8 Å². The predicted molar refractivity (Wildman–Crippen MR) is 51.4 cm³/mol. The SMILES string of the molecule is c1cc2ccc3nc[nH]c3c2cn1. The number of H-pyrrole nitrogens is 1. The van der Waals surface area contributed by atoms with Gasteiger partial charge in [-0.15, -0.1) is 0 Å². The van der Waals surface area contributed by atoms with Gasteiger partial charge in [-0.05, 0) is 17.5 Å². The fourth-order valence-electron chi connectivity index (χ4n) is 1.58. The average molecular weight is 169 g/mol. The van der Waals surface area contributed by atoms with E-state index in [1.54, 1.807) is 12.5 Å². The molecule has 0 amide bonds. The van der Waals surface area contributed by atoms with Gasteiger partial charge in [-0.1, -0.05) is 6.07 Å². The highest BCUT2D eigenvalue weighted by molar-refractivity contribution is 6.03. The van der Waals surface area contributed by atoms with Gasteiger partial charge in [0.15, 0.2) is 0 Å². The van der Waals surface area contributed by atoms with Crippen LogP contribution in [0, 0.1) is 0 Å². The van der Waals surface area contributed by atoms with E-state index < -0.39 is 0 Å². The monoisotopic (exact) mass is 169 g/mol. The number of aromatic nitrogens is 3. The number of hydrogen-bond donors (Lipinski definition) is 1. The molecule has 3 aromatic rings. The van der Waals surface area contributed by atoms with Crippen LogP contribution >= 0.6 is 0 Å². The number of pyridine rings is 1. The van der Waals surface area contributed by atoms with Crippen molar-refractivity contribution in [2.75, 3.05) is 0 Å². The molecular weight excluding hydrogens is 162 g/mol. The summed E-state index contributed by atoms with van der Waals surface area (Å²) in [5, 5.41) is 2.31. The molecule has 62 valence electrons. The van der Waals surface area contributed by atoms with E-state index in [2.05, 4.69) is 21.0 Å². The van der Waals surface area contributed by atoms with Gasteiger partial charge in [-0.2, -0.15) is 0 Å². The summed E-state index contributed by atoms with van der Waals surface area (Å²) < 4.78 is 0. The van der Waals surface area contributed by atoms with E-state index in [-0.39, 0.29) is 0 Å². The molecule has 13 heavy (non-hydrogen) atoms. The third-order valence-corrected chi connectivity index (χ3v) is 2.21. The van der Waals surface area contributed by atoms with Crippen molar-refractivity contribution in [3.8, 4) is 0 Å². The Morgan fingerprint density at radius 3 is 3.15 bits per heavy atom. The number of rotatable bonds is 0. The summed E-state index contributed by atoms with van der Waals surface area (Å²) >= 11 is 0. The average Bonchev–Trinajstić information content (AvgIpc) is 2.65. The van der Waals surface area contributed by atoms with Gasteiger partial charge in [0.25, 0.3) is 0 Å². The quantitative estimate of drug-likeness (QED) is 0.560. The largest absolute Gasteiger partial charge is 0.344 e. The molecule has 0 spiro atoms. The molecule has 1 aromatic carbocycles. The van der Waals surface area contributed by atoms with Crippen molar-refractivity contribution >= 4 is 21.8 Å². The molecule has 0 saturated heterocycles. The first kappa shape index (κ1) is 6.60. The van der Waals surface area contributed by atoms with Crippen LogP contribution in [0.3, 0.4) is 0 Å². The Kier molecular flexibility index (Phi) is 1.16. The van der Waals surface area contributed by atoms with Gasteiger partial charge in [0.1, 0.15) is 0 Å². The topological polar surface area (TPSA) is 41.6 Å². The molecule has 0 bridgehead atoms. The van der Waals surface area contributed by atoms with Crippen LogP contribution in [0.5, 0.6) is 0 Å². The zero-order chi connectivity index (χ0) is 8.67. The molecule has 1 N–H and O–H groups in total. The second kappa shape index (κ2) is 2.29. The maximum atomic E-state index is 4.19. The molecule has 0 fully saturated rings. The molecular formula is C10H7N3. The summed E-state index contributed by atoms with van der Waals surface area (Å²) in [6.07, 6.45) is 5.36. The van der Waals surface area contributed by atoms with Crippen LogP contribution in [-0.2, 0) is 0 Å². The first-order chi connectivity index (χ1) is 6.45. The summed E-state index contributed by atoms with van der Waals surface area (Å²) in [5.74, 6) is 0. The number of nitrogens with zero attached hydrogens (tertiary/aromatic N) is 2. The van der Waals surface area contributed by atoms with Crippen molar-refractivity contribution in [2.24, 2.45) is 0 Å².